The van der Waals surface area contributed by atoms with Gasteiger partial charge in [0.15, 0.2) is 0 Å². The molecule has 3 aliphatic rings. The molecule has 160 valence electrons. The Morgan fingerprint density at radius 2 is 1.93 bits per heavy atom. The van der Waals surface area contributed by atoms with E-state index >= 15 is 0 Å². The summed E-state index contributed by atoms with van der Waals surface area (Å²) in [5.74, 6) is 1.93. The zero-order valence-electron chi connectivity index (χ0n) is 17.1. The first kappa shape index (κ1) is 20.9. The maximum absolute atomic E-state index is 12.9. The number of fused-ring (bicyclic) bond motifs is 1. The number of ether oxygens (including phenoxy) is 2. The number of carbonyl (C=O) groups is 1. The number of nitrogens with zero attached hydrogens (tertiary/aromatic N) is 1. The van der Waals surface area contributed by atoms with Crippen LogP contribution in [0.4, 0.5) is 5.69 Å². The smallest absolute Gasteiger partial charge is 0.255 e. The van der Waals surface area contributed by atoms with Crippen molar-refractivity contribution < 1.29 is 14.3 Å². The zero-order valence-corrected chi connectivity index (χ0v) is 18.6. The van der Waals surface area contributed by atoms with Crippen LogP contribution in [0, 0.1) is 11.8 Å². The van der Waals surface area contributed by atoms with Gasteiger partial charge in [-0.25, -0.2) is 0 Å². The van der Waals surface area contributed by atoms with E-state index < -0.39 is 0 Å². The van der Waals surface area contributed by atoms with Crippen LogP contribution in [-0.4, -0.2) is 56.8 Å². The molecule has 3 N–H and O–H groups in total. The molecule has 3 heterocycles. The number of carbonyl (C=O) groups excluding carboxylic acids is 1. The highest BCUT2D eigenvalue weighted by atomic mass is 79.9. The van der Waals surface area contributed by atoms with Gasteiger partial charge in [-0.3, -0.25) is 4.79 Å². The second kappa shape index (κ2) is 9.67. The van der Waals surface area contributed by atoms with Crippen LogP contribution in [0.3, 0.4) is 0 Å². The van der Waals surface area contributed by atoms with Gasteiger partial charge in [0, 0.05) is 36.3 Å². The number of rotatable bonds is 5. The summed E-state index contributed by atoms with van der Waals surface area (Å²) in [6.07, 6.45) is 6.46. The first-order chi connectivity index (χ1) is 14.1. The second-order valence-corrected chi connectivity index (χ2v) is 9.44. The van der Waals surface area contributed by atoms with Crippen molar-refractivity contribution in [3.05, 3.63) is 21.7 Å². The monoisotopic (exact) mass is 465 g/mol. The van der Waals surface area contributed by atoms with Gasteiger partial charge in [-0.15, -0.1) is 0 Å². The Morgan fingerprint density at radius 3 is 2.69 bits per heavy atom. The molecule has 0 bridgehead atoms. The third-order valence-electron chi connectivity index (χ3n) is 6.55. The van der Waals surface area contributed by atoms with Crippen LogP contribution >= 0.6 is 15.9 Å². The van der Waals surface area contributed by atoms with Gasteiger partial charge < -0.3 is 25.4 Å². The van der Waals surface area contributed by atoms with Crippen molar-refractivity contribution in [3.8, 4) is 5.75 Å². The second-order valence-electron chi connectivity index (χ2n) is 8.59. The van der Waals surface area contributed by atoms with Gasteiger partial charge in [0.2, 0.25) is 0 Å². The summed E-state index contributed by atoms with van der Waals surface area (Å²) in [6.45, 7) is 6.66. The van der Waals surface area contributed by atoms with Crippen LogP contribution in [0.5, 0.6) is 5.75 Å². The lowest BCUT2D eigenvalue weighted by atomic mass is 9.94. The van der Waals surface area contributed by atoms with Crippen molar-refractivity contribution in [3.63, 3.8) is 0 Å². The van der Waals surface area contributed by atoms with Crippen LogP contribution in [0.2, 0.25) is 0 Å². The van der Waals surface area contributed by atoms with E-state index in [1.165, 1.54) is 19.4 Å². The summed E-state index contributed by atoms with van der Waals surface area (Å²) in [6, 6.07) is 1.80. The van der Waals surface area contributed by atoms with Gasteiger partial charge in [0.05, 0.1) is 17.9 Å². The van der Waals surface area contributed by atoms with Gasteiger partial charge in [-0.05, 0) is 85.4 Å². The third-order valence-corrected chi connectivity index (χ3v) is 7.21. The lowest BCUT2D eigenvalue weighted by molar-refractivity contribution is 0.0467. The van der Waals surface area contributed by atoms with E-state index in [2.05, 4.69) is 26.1 Å². The number of halogens is 1. The molecule has 3 aliphatic heterocycles. The molecule has 0 atom stereocenters. The molecular weight excluding hydrogens is 434 g/mol. The summed E-state index contributed by atoms with van der Waals surface area (Å²) < 4.78 is 12.1. The fourth-order valence-electron chi connectivity index (χ4n) is 4.70. The molecule has 4 rings (SSSR count). The molecule has 0 aliphatic carbocycles. The maximum atomic E-state index is 12.9. The van der Waals surface area contributed by atoms with Gasteiger partial charge in [-0.2, -0.15) is 0 Å². The largest absolute Gasteiger partial charge is 0.492 e. The molecule has 1 aromatic carbocycles. The topological polar surface area (TPSA) is 76.8 Å². The third kappa shape index (κ3) is 5.06. The fourth-order valence-corrected chi connectivity index (χ4v) is 5.17. The number of benzene rings is 1. The predicted octanol–water partition coefficient (Wildman–Crippen LogP) is 3.22. The van der Waals surface area contributed by atoms with Crippen LogP contribution in [0.15, 0.2) is 10.5 Å². The Balaban J connectivity index is 1.28. The van der Waals surface area contributed by atoms with Gasteiger partial charge in [0.25, 0.3) is 5.91 Å². The van der Waals surface area contributed by atoms with Crippen molar-refractivity contribution in [1.82, 2.24) is 10.2 Å². The van der Waals surface area contributed by atoms with Crippen LogP contribution in [0.25, 0.3) is 0 Å². The summed E-state index contributed by atoms with van der Waals surface area (Å²) in [4.78, 5) is 15.5. The Labute approximate surface area is 181 Å². The molecule has 1 aromatic rings. The molecule has 0 saturated carbocycles. The normalized spacial score (nSPS) is 21.4. The summed E-state index contributed by atoms with van der Waals surface area (Å²) in [7, 11) is 0. The number of anilines is 1. The van der Waals surface area contributed by atoms with Crippen molar-refractivity contribution in [2.75, 3.05) is 51.7 Å². The number of hydrogen-bond acceptors (Lipinski definition) is 5. The SMILES string of the molecule is Nc1c(Br)cc(C(=O)NCC2CCN(CC3CCOCC3)CC2)c2c1CCCO2. The Hall–Kier alpha value is -1.31. The lowest BCUT2D eigenvalue weighted by Gasteiger charge is -2.35. The number of nitrogens with two attached hydrogens (primary N) is 1. The van der Waals surface area contributed by atoms with Gasteiger partial charge in [0.1, 0.15) is 5.75 Å². The number of amides is 1. The molecular formula is C22H32BrN3O3. The molecule has 0 unspecified atom stereocenters. The summed E-state index contributed by atoms with van der Waals surface area (Å²) >= 11 is 3.49. The molecule has 29 heavy (non-hydrogen) atoms. The maximum Gasteiger partial charge on any atom is 0.255 e. The van der Waals surface area contributed by atoms with E-state index in [9.17, 15) is 4.79 Å². The summed E-state index contributed by atoms with van der Waals surface area (Å²) in [5, 5.41) is 3.15. The summed E-state index contributed by atoms with van der Waals surface area (Å²) in [5.41, 5.74) is 8.41. The Bertz CT molecular complexity index is 729. The number of nitrogens with one attached hydrogen (secondary N) is 1. The zero-order chi connectivity index (χ0) is 20.2. The van der Waals surface area contributed by atoms with Gasteiger partial charge >= 0.3 is 0 Å². The Kier molecular flexibility index (Phi) is 6.98. The molecule has 2 fully saturated rings. The molecule has 7 heteroatoms. The van der Waals surface area contributed by atoms with Crippen molar-refractivity contribution >= 4 is 27.5 Å². The van der Waals surface area contributed by atoms with E-state index in [0.29, 0.717) is 29.5 Å². The van der Waals surface area contributed by atoms with Crippen molar-refractivity contribution in [2.45, 2.75) is 38.5 Å². The fraction of sp³-hybridized carbons (Fsp3) is 0.682. The first-order valence-corrected chi connectivity index (χ1v) is 11.7. The minimum Gasteiger partial charge on any atom is -0.492 e. The molecule has 6 nitrogen and oxygen atoms in total. The first-order valence-electron chi connectivity index (χ1n) is 10.9. The minimum atomic E-state index is -0.0616. The number of nitrogen functional groups attached to an aromatic ring is 1. The van der Waals surface area contributed by atoms with E-state index in [1.54, 1.807) is 6.07 Å². The van der Waals surface area contributed by atoms with Gasteiger partial charge in [-0.1, -0.05) is 0 Å². The van der Waals surface area contributed by atoms with E-state index in [0.717, 1.165) is 74.5 Å². The van der Waals surface area contributed by atoms with Crippen LogP contribution in [-0.2, 0) is 11.2 Å². The van der Waals surface area contributed by atoms with Crippen LogP contribution in [0.1, 0.15) is 48.0 Å². The minimum absolute atomic E-state index is 0.0616. The molecule has 0 aromatic heterocycles. The highest BCUT2D eigenvalue weighted by Crippen LogP contribution is 2.38. The van der Waals surface area contributed by atoms with E-state index in [-0.39, 0.29) is 5.91 Å². The molecule has 2 saturated heterocycles. The van der Waals surface area contributed by atoms with E-state index in [4.69, 9.17) is 15.2 Å². The quantitative estimate of drug-likeness (QED) is 0.652. The Morgan fingerprint density at radius 1 is 1.17 bits per heavy atom. The highest BCUT2D eigenvalue weighted by Gasteiger charge is 2.26. The average molecular weight is 466 g/mol. The lowest BCUT2D eigenvalue weighted by Crippen LogP contribution is -2.41. The number of hydrogen-bond donors (Lipinski definition) is 2. The molecule has 1 amide bonds. The average Bonchev–Trinajstić information content (AvgIpc) is 2.76. The van der Waals surface area contributed by atoms with E-state index in [1.807, 2.05) is 0 Å². The molecule has 0 spiro atoms. The standard InChI is InChI=1S/C22H32BrN3O3/c23-19-12-18(21-17(20(19)24)2-1-9-29-21)22(27)25-13-15-3-7-26(8-4-15)14-16-5-10-28-11-6-16/h12,15-16H,1-11,13-14,24H2,(H,25,27). The van der Waals surface area contributed by atoms with Crippen LogP contribution < -0.4 is 15.8 Å². The number of piperidine rings is 1. The highest BCUT2D eigenvalue weighted by molar-refractivity contribution is 9.10. The predicted molar refractivity (Wildman–Crippen MR) is 117 cm³/mol. The molecule has 0 radical (unpaired) electrons. The van der Waals surface area contributed by atoms with Crippen molar-refractivity contribution in [2.24, 2.45) is 11.8 Å². The number of likely N-dealkylation sites (tertiary alicyclic amines) is 1. The van der Waals surface area contributed by atoms with Crippen molar-refractivity contribution in [1.29, 1.82) is 0 Å².